The quantitative estimate of drug-likeness (QED) is 0.187. The van der Waals surface area contributed by atoms with Gasteiger partial charge in [0, 0.05) is 9.73 Å². The van der Waals surface area contributed by atoms with Gasteiger partial charge in [0.25, 0.3) is 0 Å². The van der Waals surface area contributed by atoms with Gasteiger partial charge in [-0.25, -0.2) is 0 Å². The maximum Gasteiger partial charge on any atom is 0.144 e. The average Bonchev–Trinajstić information content (AvgIpc) is 1.14. The standard InChI is InChI=1S/C2H14N6O/c1-7(3,4)9-8(2,5)6/h3-6H2,1-2H3/q+2. The van der Waals surface area contributed by atoms with Gasteiger partial charge in [-0.2, -0.15) is 0 Å². The molecule has 0 bridgehead atoms. The van der Waals surface area contributed by atoms with Gasteiger partial charge in [0.15, 0.2) is 0 Å². The van der Waals surface area contributed by atoms with Crippen LogP contribution in [0, 0.1) is 0 Å². The Balaban J connectivity index is 3.75. The van der Waals surface area contributed by atoms with Gasteiger partial charge in [-0.1, -0.05) is 0 Å². The lowest BCUT2D eigenvalue weighted by Gasteiger charge is -2.22. The molecule has 0 radical (unpaired) electrons. The summed E-state index contributed by atoms with van der Waals surface area (Å²) in [7, 11) is 2.77. The van der Waals surface area contributed by atoms with Crippen molar-refractivity contribution in [2.45, 2.75) is 0 Å². The van der Waals surface area contributed by atoms with Crippen LogP contribution in [-0.2, 0) is 4.94 Å². The number of quaternary nitrogens is 2. The predicted octanol–water partition coefficient (Wildman–Crippen LogP) is -2.78. The fraction of sp³-hybridized carbons (Fsp3) is 1.00. The molecule has 0 heterocycles. The zero-order chi connectivity index (χ0) is 7.71. The van der Waals surface area contributed by atoms with Crippen LogP contribution in [0.4, 0.5) is 0 Å². The minimum atomic E-state index is -0.719. The SMILES string of the molecule is C[N+](N)(N)O[N+](C)(N)N. The van der Waals surface area contributed by atoms with Crippen molar-refractivity contribution >= 4 is 0 Å². The van der Waals surface area contributed by atoms with E-state index < -0.39 is 9.73 Å². The molecule has 8 N–H and O–H groups in total. The maximum atomic E-state index is 5.14. The average molecular weight is 138 g/mol. The normalized spacial score (nSPS) is 14.0. The van der Waals surface area contributed by atoms with E-state index in [4.69, 9.17) is 23.4 Å². The van der Waals surface area contributed by atoms with Gasteiger partial charge < -0.3 is 0 Å². The molecular weight excluding hydrogens is 124 g/mol. The van der Waals surface area contributed by atoms with E-state index >= 15 is 0 Å². The van der Waals surface area contributed by atoms with Gasteiger partial charge in [-0.15, -0.1) is 23.4 Å². The molecular formula is C2H14N6O+2. The predicted molar refractivity (Wildman–Crippen MR) is 30.2 cm³/mol. The van der Waals surface area contributed by atoms with Crippen LogP contribution < -0.4 is 23.4 Å². The second kappa shape index (κ2) is 2.15. The van der Waals surface area contributed by atoms with Crippen molar-refractivity contribution in [2.75, 3.05) is 14.1 Å². The molecule has 0 fully saturated rings. The Bertz CT molecular complexity index is 76.2. The molecule has 0 unspecified atom stereocenters. The largest absolute Gasteiger partial charge is 0.144 e. The van der Waals surface area contributed by atoms with Crippen molar-refractivity contribution in [3.05, 3.63) is 0 Å². The Morgan fingerprint density at radius 3 is 1.11 bits per heavy atom. The summed E-state index contributed by atoms with van der Waals surface area (Å²) in [5.41, 5.74) is 0. The van der Waals surface area contributed by atoms with Crippen molar-refractivity contribution < 1.29 is 14.7 Å². The number of nitrogens with zero attached hydrogens (tertiary/aromatic N) is 2. The second-order valence-electron chi connectivity index (χ2n) is 2.20. The first-order valence-corrected chi connectivity index (χ1v) is 2.29. The Kier molecular flexibility index (Phi) is 2.09. The highest BCUT2D eigenvalue weighted by Gasteiger charge is 2.26. The van der Waals surface area contributed by atoms with Crippen molar-refractivity contribution in [3.8, 4) is 0 Å². The third-order valence-corrected chi connectivity index (χ3v) is 0.352. The van der Waals surface area contributed by atoms with Gasteiger partial charge in [-0.3, -0.25) is 0 Å². The molecule has 7 nitrogen and oxygen atoms in total. The lowest BCUT2D eigenvalue weighted by Crippen LogP contribution is -2.69. The molecule has 9 heavy (non-hydrogen) atoms. The molecule has 0 aromatic rings. The van der Waals surface area contributed by atoms with E-state index in [1.54, 1.807) is 0 Å². The Hall–Kier alpha value is -0.280. The van der Waals surface area contributed by atoms with Crippen LogP contribution in [0.2, 0.25) is 0 Å². The van der Waals surface area contributed by atoms with E-state index in [0.29, 0.717) is 0 Å². The third kappa shape index (κ3) is 7.72. The van der Waals surface area contributed by atoms with Crippen LogP contribution in [0.1, 0.15) is 0 Å². The van der Waals surface area contributed by atoms with Gasteiger partial charge in [0.05, 0.1) is 4.94 Å². The molecule has 0 atom stereocenters. The minimum absolute atomic E-state index is 0.719. The summed E-state index contributed by atoms with van der Waals surface area (Å²) in [5.74, 6) is 20.6. The highest BCUT2D eigenvalue weighted by atomic mass is 17.0. The Labute approximate surface area is 53.3 Å². The van der Waals surface area contributed by atoms with E-state index in [1.807, 2.05) is 0 Å². The molecule has 0 aliphatic rings. The molecule has 56 valence electrons. The van der Waals surface area contributed by atoms with Crippen LogP contribution >= 0.6 is 0 Å². The summed E-state index contributed by atoms with van der Waals surface area (Å²) in [5, 5.41) is 0. The number of rotatable bonds is 2. The number of hydrogen-bond acceptors (Lipinski definition) is 5. The molecule has 0 amide bonds. The van der Waals surface area contributed by atoms with Crippen LogP contribution in [0.15, 0.2) is 0 Å². The lowest BCUT2D eigenvalue weighted by molar-refractivity contribution is -1.35. The first-order valence-electron chi connectivity index (χ1n) is 2.29. The molecule has 7 heteroatoms. The lowest BCUT2D eigenvalue weighted by atomic mass is 11.3. The summed E-state index contributed by atoms with van der Waals surface area (Å²) >= 11 is 0. The van der Waals surface area contributed by atoms with Gasteiger partial charge in [-0.05, 0) is 0 Å². The monoisotopic (exact) mass is 138 g/mol. The van der Waals surface area contributed by atoms with Crippen molar-refractivity contribution in [1.82, 2.24) is 0 Å². The first-order chi connectivity index (χ1) is 3.71. The smallest absolute Gasteiger partial charge is 0.123 e. The molecule has 0 rings (SSSR count). The van der Waals surface area contributed by atoms with Crippen LogP contribution in [-0.4, -0.2) is 23.8 Å². The van der Waals surface area contributed by atoms with Crippen molar-refractivity contribution in [3.63, 3.8) is 0 Å². The van der Waals surface area contributed by atoms with E-state index in [-0.39, 0.29) is 0 Å². The highest BCUT2D eigenvalue weighted by molar-refractivity contribution is 3.64. The van der Waals surface area contributed by atoms with E-state index in [9.17, 15) is 0 Å². The molecule has 0 spiro atoms. The van der Waals surface area contributed by atoms with Crippen LogP contribution in [0.5, 0.6) is 0 Å². The summed E-state index contributed by atoms with van der Waals surface area (Å²) in [6.45, 7) is 0. The fourth-order valence-corrected chi connectivity index (χ4v) is 0.379. The van der Waals surface area contributed by atoms with E-state index in [1.165, 1.54) is 14.1 Å². The van der Waals surface area contributed by atoms with Crippen molar-refractivity contribution in [2.24, 2.45) is 23.4 Å². The number of hydrogen-bond donors (Lipinski definition) is 4. The highest BCUT2D eigenvalue weighted by Crippen LogP contribution is 1.87. The fourth-order valence-electron chi connectivity index (χ4n) is 0.379. The topological polar surface area (TPSA) is 113 Å². The van der Waals surface area contributed by atoms with Crippen molar-refractivity contribution in [1.29, 1.82) is 0 Å². The first kappa shape index (κ1) is 8.72. The molecule has 0 aromatic carbocycles. The third-order valence-electron chi connectivity index (χ3n) is 0.352. The summed E-state index contributed by atoms with van der Waals surface area (Å²) in [6, 6.07) is 0. The summed E-state index contributed by atoms with van der Waals surface area (Å²) < 4.78 is 0. The molecule has 0 aliphatic heterocycles. The maximum absolute atomic E-state index is 5.14. The summed E-state index contributed by atoms with van der Waals surface area (Å²) in [6.07, 6.45) is 0. The minimum Gasteiger partial charge on any atom is -0.123 e. The molecule has 0 saturated heterocycles. The van der Waals surface area contributed by atoms with Crippen LogP contribution in [0.25, 0.3) is 0 Å². The second-order valence-corrected chi connectivity index (χ2v) is 2.20. The van der Waals surface area contributed by atoms with E-state index in [0.717, 1.165) is 0 Å². The van der Waals surface area contributed by atoms with Gasteiger partial charge in [0.1, 0.15) is 14.1 Å². The Morgan fingerprint density at radius 1 is 0.889 bits per heavy atom. The van der Waals surface area contributed by atoms with Crippen LogP contribution in [0.3, 0.4) is 0 Å². The van der Waals surface area contributed by atoms with Gasteiger partial charge in [0.2, 0.25) is 0 Å². The molecule has 0 aromatic heterocycles. The summed E-state index contributed by atoms with van der Waals surface area (Å²) in [4.78, 5) is 3.17. The Morgan fingerprint density at radius 2 is 1.11 bits per heavy atom. The molecule has 0 aliphatic carbocycles. The van der Waals surface area contributed by atoms with Gasteiger partial charge >= 0.3 is 0 Å². The number of hydroxylamine groups is 2. The molecule has 0 saturated carbocycles. The number of nitrogens with two attached hydrogens (primary N) is 4. The zero-order valence-electron chi connectivity index (χ0n) is 5.61. The van der Waals surface area contributed by atoms with E-state index in [2.05, 4.69) is 4.94 Å². The zero-order valence-corrected chi connectivity index (χ0v) is 5.61.